The zero-order valence-corrected chi connectivity index (χ0v) is 19.6. The van der Waals surface area contributed by atoms with Gasteiger partial charge in [0.25, 0.3) is 0 Å². The van der Waals surface area contributed by atoms with Crippen LogP contribution in [0, 0.1) is 13.8 Å². The molecule has 0 spiro atoms. The molecule has 1 N–H and O–H groups in total. The summed E-state index contributed by atoms with van der Waals surface area (Å²) < 4.78 is 25.6. The van der Waals surface area contributed by atoms with E-state index in [9.17, 15) is 18.0 Å². The first-order chi connectivity index (χ1) is 14.6. The fraction of sp³-hybridized carbons (Fsp3) is 0.375. The Labute approximate surface area is 184 Å². The van der Waals surface area contributed by atoms with E-state index in [0.29, 0.717) is 0 Å². The summed E-state index contributed by atoms with van der Waals surface area (Å²) in [7, 11) is -3.85. The van der Waals surface area contributed by atoms with Crippen LogP contribution in [0.15, 0.2) is 46.4 Å². The molecule has 0 unspecified atom stereocenters. The standard InChI is InChI=1S/C24H30N2O4S/c1-6-18-13-17(5)14-19(7-2)21(18)15-22(27)24(28)26-25-23(8-3)31(29,30)20-11-9-16(4)10-12-20/h9-14H,6-8,15H2,1-5H3,(H,26,28)/b25-23+. The minimum atomic E-state index is -3.85. The van der Waals surface area contributed by atoms with Gasteiger partial charge in [0.1, 0.15) is 0 Å². The fourth-order valence-corrected chi connectivity index (χ4v) is 4.74. The van der Waals surface area contributed by atoms with Crippen LogP contribution >= 0.6 is 0 Å². The number of nitrogens with zero attached hydrogens (tertiary/aromatic N) is 1. The summed E-state index contributed by atoms with van der Waals surface area (Å²) in [6.07, 6.45) is 1.56. The Morgan fingerprint density at radius 1 is 0.903 bits per heavy atom. The van der Waals surface area contributed by atoms with E-state index in [1.54, 1.807) is 19.1 Å². The Bertz CT molecular complexity index is 1080. The van der Waals surface area contributed by atoms with Crippen LogP contribution in [0.25, 0.3) is 0 Å². The van der Waals surface area contributed by atoms with Crippen molar-refractivity contribution in [1.29, 1.82) is 0 Å². The van der Waals surface area contributed by atoms with Gasteiger partial charge in [0.2, 0.25) is 15.6 Å². The topological polar surface area (TPSA) is 92.7 Å². The lowest BCUT2D eigenvalue weighted by Crippen LogP contribution is -2.31. The van der Waals surface area contributed by atoms with Crippen LogP contribution < -0.4 is 5.43 Å². The van der Waals surface area contributed by atoms with Crippen molar-refractivity contribution in [3.8, 4) is 0 Å². The lowest BCUT2D eigenvalue weighted by atomic mass is 9.91. The third-order valence-corrected chi connectivity index (χ3v) is 7.05. The Morgan fingerprint density at radius 3 is 1.94 bits per heavy atom. The molecule has 0 aliphatic heterocycles. The van der Waals surface area contributed by atoms with Gasteiger partial charge in [-0.15, -0.1) is 0 Å². The molecule has 6 nitrogen and oxygen atoms in total. The number of carbonyl (C=O) groups excluding carboxylic acids is 2. The van der Waals surface area contributed by atoms with Gasteiger partial charge in [0, 0.05) is 12.8 Å². The maximum Gasteiger partial charge on any atom is 0.307 e. The summed E-state index contributed by atoms with van der Waals surface area (Å²) in [5.41, 5.74) is 7.14. The number of rotatable bonds is 8. The lowest BCUT2D eigenvalue weighted by molar-refractivity contribution is -0.137. The van der Waals surface area contributed by atoms with Crippen molar-refractivity contribution in [3.63, 3.8) is 0 Å². The molecule has 166 valence electrons. The summed E-state index contributed by atoms with van der Waals surface area (Å²) >= 11 is 0. The molecule has 2 rings (SSSR count). The highest BCUT2D eigenvalue weighted by molar-refractivity contribution is 8.06. The lowest BCUT2D eigenvalue weighted by Gasteiger charge is -2.14. The van der Waals surface area contributed by atoms with Gasteiger partial charge in [-0.1, -0.05) is 56.2 Å². The molecule has 31 heavy (non-hydrogen) atoms. The molecule has 7 heteroatoms. The zero-order chi connectivity index (χ0) is 23.2. The molecule has 0 radical (unpaired) electrons. The van der Waals surface area contributed by atoms with Crippen LogP contribution in [0.2, 0.25) is 0 Å². The predicted molar refractivity (Wildman–Crippen MR) is 123 cm³/mol. The van der Waals surface area contributed by atoms with Crippen molar-refractivity contribution in [2.24, 2.45) is 5.10 Å². The maximum absolute atomic E-state index is 12.8. The normalized spacial score (nSPS) is 12.0. The van der Waals surface area contributed by atoms with Gasteiger partial charge < -0.3 is 0 Å². The van der Waals surface area contributed by atoms with Gasteiger partial charge in [-0.25, -0.2) is 13.8 Å². The summed E-state index contributed by atoms with van der Waals surface area (Å²) in [5, 5.41) is 3.59. The Morgan fingerprint density at radius 2 is 1.45 bits per heavy atom. The third-order valence-electron chi connectivity index (χ3n) is 5.16. The molecule has 0 saturated heterocycles. The molecule has 0 saturated carbocycles. The number of aryl methyl sites for hydroxylation is 4. The average Bonchev–Trinajstić information content (AvgIpc) is 2.74. The number of hydrogen-bond donors (Lipinski definition) is 1. The van der Waals surface area contributed by atoms with Crippen LogP contribution in [0.5, 0.6) is 0 Å². The Hall–Kier alpha value is -2.80. The number of benzene rings is 2. The van der Waals surface area contributed by atoms with E-state index in [4.69, 9.17) is 0 Å². The number of Topliss-reactive ketones (excluding diaryl/α,β-unsaturated/α-hetero) is 1. The number of ketones is 1. The van der Waals surface area contributed by atoms with Crippen LogP contribution in [-0.4, -0.2) is 25.2 Å². The number of carbonyl (C=O) groups is 2. The van der Waals surface area contributed by atoms with Crippen LogP contribution in [0.3, 0.4) is 0 Å². The summed E-state index contributed by atoms with van der Waals surface area (Å²) in [5.74, 6) is -1.57. The minimum absolute atomic E-state index is 0.0415. The van der Waals surface area contributed by atoms with Gasteiger partial charge in [-0.3, -0.25) is 9.59 Å². The highest BCUT2D eigenvalue weighted by Crippen LogP contribution is 2.20. The highest BCUT2D eigenvalue weighted by atomic mass is 32.2. The number of nitrogens with one attached hydrogen (secondary N) is 1. The van der Waals surface area contributed by atoms with Crippen molar-refractivity contribution in [2.75, 3.05) is 0 Å². The zero-order valence-electron chi connectivity index (χ0n) is 18.8. The van der Waals surface area contributed by atoms with Gasteiger partial charge >= 0.3 is 5.91 Å². The van der Waals surface area contributed by atoms with E-state index in [2.05, 4.69) is 10.5 Å². The van der Waals surface area contributed by atoms with Crippen LogP contribution in [-0.2, 0) is 38.7 Å². The van der Waals surface area contributed by atoms with Gasteiger partial charge in [-0.2, -0.15) is 5.10 Å². The Kier molecular flexibility index (Phi) is 8.28. The Balaban J connectivity index is 2.21. The first-order valence-corrected chi connectivity index (χ1v) is 11.9. The minimum Gasteiger partial charge on any atom is -0.288 e. The van der Waals surface area contributed by atoms with E-state index >= 15 is 0 Å². The molecule has 0 aromatic heterocycles. The monoisotopic (exact) mass is 442 g/mol. The smallest absolute Gasteiger partial charge is 0.288 e. The SMILES string of the molecule is CC/C(=N\NC(=O)C(=O)Cc1c(CC)cc(C)cc1CC)S(=O)(=O)c1ccc(C)cc1. The molecule has 2 aromatic carbocycles. The molecule has 1 amide bonds. The first-order valence-electron chi connectivity index (χ1n) is 10.5. The van der Waals surface area contributed by atoms with Crippen LogP contribution in [0.1, 0.15) is 55.0 Å². The van der Waals surface area contributed by atoms with E-state index < -0.39 is 21.5 Å². The van der Waals surface area contributed by atoms with Crippen molar-refractivity contribution in [3.05, 3.63) is 64.2 Å². The average molecular weight is 443 g/mol. The number of sulfone groups is 1. The van der Waals surface area contributed by atoms with Gasteiger partial charge in [0.05, 0.1) is 4.90 Å². The molecule has 0 aliphatic rings. The van der Waals surface area contributed by atoms with Crippen LogP contribution in [0.4, 0.5) is 0 Å². The van der Waals surface area contributed by atoms with E-state index in [0.717, 1.165) is 40.7 Å². The molecule has 0 fully saturated rings. The van der Waals surface area contributed by atoms with Crippen molar-refractivity contribution >= 4 is 26.6 Å². The van der Waals surface area contributed by atoms with Crippen molar-refractivity contribution in [1.82, 2.24) is 5.43 Å². The largest absolute Gasteiger partial charge is 0.307 e. The van der Waals surface area contributed by atoms with Crippen molar-refractivity contribution < 1.29 is 18.0 Å². The molecule has 2 aromatic rings. The molecule has 0 bridgehead atoms. The molecule has 0 heterocycles. The van der Waals surface area contributed by atoms with Gasteiger partial charge in [0.15, 0.2) is 5.04 Å². The maximum atomic E-state index is 12.8. The highest BCUT2D eigenvalue weighted by Gasteiger charge is 2.23. The third kappa shape index (κ3) is 5.88. The number of hydrogen-bond acceptors (Lipinski definition) is 5. The van der Waals surface area contributed by atoms with E-state index in [1.807, 2.05) is 39.8 Å². The van der Waals surface area contributed by atoms with E-state index in [1.165, 1.54) is 12.1 Å². The second-order valence-electron chi connectivity index (χ2n) is 7.49. The predicted octanol–water partition coefficient (Wildman–Crippen LogP) is 3.85. The quantitative estimate of drug-likeness (QED) is 0.291. The number of hydrazone groups is 1. The second kappa shape index (κ2) is 10.5. The summed E-state index contributed by atoms with van der Waals surface area (Å²) in [6.45, 7) is 9.52. The summed E-state index contributed by atoms with van der Waals surface area (Å²) in [6, 6.07) is 10.4. The van der Waals surface area contributed by atoms with Crippen molar-refractivity contribution in [2.45, 2.75) is 65.2 Å². The molecular formula is C24H30N2O4S. The molecule has 0 aliphatic carbocycles. The van der Waals surface area contributed by atoms with Gasteiger partial charge in [-0.05, 0) is 55.5 Å². The second-order valence-corrected chi connectivity index (χ2v) is 9.43. The molecular weight excluding hydrogens is 412 g/mol. The summed E-state index contributed by atoms with van der Waals surface area (Å²) in [4.78, 5) is 25.0. The molecule has 0 atom stereocenters. The number of amides is 1. The fourth-order valence-electron chi connectivity index (χ4n) is 3.43. The van der Waals surface area contributed by atoms with E-state index in [-0.39, 0.29) is 22.8 Å². The first kappa shape index (κ1) is 24.5.